The standard InChI is InChI=1S/C10H7BrF4O3/c1-17-4-18-6-3-2-5(11)7(8(6)12)9(16)10(13,14)15/h2-3H,4H2,1H3. The van der Waals surface area contributed by atoms with Gasteiger partial charge in [0, 0.05) is 11.6 Å². The largest absolute Gasteiger partial charge is 0.464 e. The minimum atomic E-state index is -5.16. The fourth-order valence-corrected chi connectivity index (χ4v) is 1.60. The van der Waals surface area contributed by atoms with E-state index < -0.39 is 29.1 Å². The van der Waals surface area contributed by atoms with Gasteiger partial charge >= 0.3 is 6.18 Å². The Bertz CT molecular complexity index is 459. The first-order chi connectivity index (χ1) is 8.29. The van der Waals surface area contributed by atoms with Crippen molar-refractivity contribution in [3.8, 4) is 5.75 Å². The second-order valence-corrected chi connectivity index (χ2v) is 3.97. The lowest BCUT2D eigenvalue weighted by molar-refractivity contribution is -0.0888. The molecule has 0 fully saturated rings. The zero-order valence-electron chi connectivity index (χ0n) is 8.98. The Morgan fingerprint density at radius 1 is 1.39 bits per heavy atom. The maximum atomic E-state index is 13.7. The summed E-state index contributed by atoms with van der Waals surface area (Å²) in [6.45, 7) is -0.349. The van der Waals surface area contributed by atoms with Crippen molar-refractivity contribution in [1.82, 2.24) is 0 Å². The predicted molar refractivity (Wildman–Crippen MR) is 57.0 cm³/mol. The molecule has 0 amide bonds. The van der Waals surface area contributed by atoms with Crippen LogP contribution in [0.25, 0.3) is 0 Å². The minimum absolute atomic E-state index is 0.299. The van der Waals surface area contributed by atoms with Crippen molar-refractivity contribution in [1.29, 1.82) is 0 Å². The molecule has 100 valence electrons. The summed E-state index contributed by atoms with van der Waals surface area (Å²) in [5.74, 6) is -4.16. The molecule has 0 aromatic heterocycles. The van der Waals surface area contributed by atoms with Crippen LogP contribution < -0.4 is 4.74 Å². The lowest BCUT2D eigenvalue weighted by Gasteiger charge is -2.12. The number of alkyl halides is 3. The number of methoxy groups -OCH3 is 1. The number of Topliss-reactive ketones (excluding diaryl/α,β-unsaturated/α-hetero) is 1. The van der Waals surface area contributed by atoms with Crippen LogP contribution in [0.4, 0.5) is 17.6 Å². The van der Waals surface area contributed by atoms with Crippen molar-refractivity contribution in [2.45, 2.75) is 6.18 Å². The molecule has 0 atom stereocenters. The van der Waals surface area contributed by atoms with Crippen LogP contribution in [0.15, 0.2) is 16.6 Å². The van der Waals surface area contributed by atoms with Crippen LogP contribution >= 0.6 is 15.9 Å². The maximum Gasteiger partial charge on any atom is 0.455 e. The zero-order chi connectivity index (χ0) is 13.9. The first kappa shape index (κ1) is 14.9. The number of hydrogen-bond donors (Lipinski definition) is 0. The minimum Gasteiger partial charge on any atom is -0.464 e. The Balaban J connectivity index is 3.22. The molecule has 8 heteroatoms. The molecule has 0 spiro atoms. The quantitative estimate of drug-likeness (QED) is 0.482. The van der Waals surface area contributed by atoms with Crippen molar-refractivity contribution in [3.05, 3.63) is 28.0 Å². The van der Waals surface area contributed by atoms with Crippen molar-refractivity contribution in [2.24, 2.45) is 0 Å². The van der Waals surface area contributed by atoms with Crippen LogP contribution in [0.1, 0.15) is 10.4 Å². The van der Waals surface area contributed by atoms with E-state index in [9.17, 15) is 22.4 Å². The van der Waals surface area contributed by atoms with E-state index in [0.29, 0.717) is 0 Å². The van der Waals surface area contributed by atoms with E-state index in [0.717, 1.165) is 12.1 Å². The SMILES string of the molecule is COCOc1ccc(Br)c(C(=O)C(F)(F)F)c1F. The third-order valence-electron chi connectivity index (χ3n) is 1.87. The Labute approximate surface area is 108 Å². The Hall–Kier alpha value is -1.15. The van der Waals surface area contributed by atoms with E-state index in [2.05, 4.69) is 20.7 Å². The molecule has 3 nitrogen and oxygen atoms in total. The van der Waals surface area contributed by atoms with Gasteiger partial charge in [0.05, 0.1) is 5.56 Å². The first-order valence-corrected chi connectivity index (χ1v) is 5.29. The number of ether oxygens (including phenoxy) is 2. The van der Waals surface area contributed by atoms with Gasteiger partial charge in [-0.05, 0) is 28.1 Å². The van der Waals surface area contributed by atoms with Crippen LogP contribution in [0, 0.1) is 5.82 Å². The molecule has 0 aliphatic rings. The Morgan fingerprint density at radius 3 is 2.50 bits per heavy atom. The zero-order valence-corrected chi connectivity index (χ0v) is 10.6. The highest BCUT2D eigenvalue weighted by molar-refractivity contribution is 9.10. The van der Waals surface area contributed by atoms with E-state index >= 15 is 0 Å². The van der Waals surface area contributed by atoms with Gasteiger partial charge in [-0.1, -0.05) is 0 Å². The summed E-state index contributed by atoms with van der Waals surface area (Å²) >= 11 is 2.69. The topological polar surface area (TPSA) is 35.5 Å². The molecule has 1 rings (SSSR count). The summed E-state index contributed by atoms with van der Waals surface area (Å²) in [4.78, 5) is 11.1. The molecular weight excluding hydrogens is 324 g/mol. The van der Waals surface area contributed by atoms with Crippen molar-refractivity contribution < 1.29 is 31.8 Å². The van der Waals surface area contributed by atoms with Crippen molar-refractivity contribution in [3.63, 3.8) is 0 Å². The smallest absolute Gasteiger partial charge is 0.455 e. The van der Waals surface area contributed by atoms with Gasteiger partial charge in [-0.3, -0.25) is 4.79 Å². The van der Waals surface area contributed by atoms with Gasteiger partial charge in [0.1, 0.15) is 0 Å². The molecule has 0 saturated heterocycles. The van der Waals surface area contributed by atoms with Gasteiger partial charge in [0.25, 0.3) is 5.78 Å². The summed E-state index contributed by atoms with van der Waals surface area (Å²) in [6.07, 6.45) is -5.16. The number of benzene rings is 1. The van der Waals surface area contributed by atoms with Gasteiger partial charge in [0.2, 0.25) is 0 Å². The van der Waals surface area contributed by atoms with Gasteiger partial charge in [0.15, 0.2) is 18.4 Å². The summed E-state index contributed by atoms with van der Waals surface area (Å²) in [5, 5.41) is 0. The van der Waals surface area contributed by atoms with Gasteiger partial charge in [-0.2, -0.15) is 13.2 Å². The summed E-state index contributed by atoms with van der Waals surface area (Å²) in [7, 11) is 1.26. The Morgan fingerprint density at radius 2 is 2.00 bits per heavy atom. The lowest BCUT2D eigenvalue weighted by Crippen LogP contribution is -2.24. The second-order valence-electron chi connectivity index (χ2n) is 3.11. The molecule has 0 aliphatic carbocycles. The number of rotatable bonds is 4. The highest BCUT2D eigenvalue weighted by Crippen LogP contribution is 2.32. The number of carbonyl (C=O) groups excluding carboxylic acids is 1. The van der Waals surface area contributed by atoms with E-state index in [1.807, 2.05) is 0 Å². The van der Waals surface area contributed by atoms with Gasteiger partial charge < -0.3 is 9.47 Å². The molecule has 0 N–H and O–H groups in total. The molecule has 18 heavy (non-hydrogen) atoms. The molecular formula is C10H7BrF4O3. The summed E-state index contributed by atoms with van der Waals surface area (Å²) in [5.41, 5.74) is -1.11. The lowest BCUT2D eigenvalue weighted by atomic mass is 10.1. The van der Waals surface area contributed by atoms with E-state index in [4.69, 9.17) is 4.74 Å². The van der Waals surface area contributed by atoms with Crippen LogP contribution in [0.2, 0.25) is 0 Å². The average molecular weight is 331 g/mol. The van der Waals surface area contributed by atoms with Crippen LogP contribution in [-0.4, -0.2) is 25.9 Å². The first-order valence-electron chi connectivity index (χ1n) is 4.50. The fourth-order valence-electron chi connectivity index (χ4n) is 1.12. The maximum absolute atomic E-state index is 13.7. The number of carbonyl (C=O) groups is 1. The molecule has 0 unspecified atom stereocenters. The summed E-state index contributed by atoms with van der Waals surface area (Å²) < 4.78 is 59.4. The molecule has 0 radical (unpaired) electrons. The van der Waals surface area contributed by atoms with E-state index in [1.54, 1.807) is 0 Å². The monoisotopic (exact) mass is 330 g/mol. The average Bonchev–Trinajstić information content (AvgIpc) is 2.27. The van der Waals surface area contributed by atoms with E-state index in [1.165, 1.54) is 7.11 Å². The number of halogens is 5. The second kappa shape index (κ2) is 5.66. The molecule has 1 aromatic carbocycles. The third-order valence-corrected chi connectivity index (χ3v) is 2.53. The van der Waals surface area contributed by atoms with Crippen LogP contribution in [0.3, 0.4) is 0 Å². The van der Waals surface area contributed by atoms with Crippen LogP contribution in [-0.2, 0) is 4.74 Å². The highest BCUT2D eigenvalue weighted by Gasteiger charge is 2.42. The predicted octanol–water partition coefficient (Wildman–Crippen LogP) is 3.32. The molecule has 1 aromatic rings. The fraction of sp³-hybridized carbons (Fsp3) is 0.300. The highest BCUT2D eigenvalue weighted by atomic mass is 79.9. The van der Waals surface area contributed by atoms with Crippen molar-refractivity contribution >= 4 is 21.7 Å². The normalized spacial score (nSPS) is 11.4. The molecule has 0 bridgehead atoms. The van der Waals surface area contributed by atoms with Gasteiger partial charge in [-0.25, -0.2) is 4.39 Å². The molecule has 0 aliphatic heterocycles. The molecule has 0 saturated carbocycles. The Kier molecular flexibility index (Phi) is 4.69. The third kappa shape index (κ3) is 3.20. The van der Waals surface area contributed by atoms with Gasteiger partial charge in [-0.15, -0.1) is 0 Å². The number of hydrogen-bond acceptors (Lipinski definition) is 3. The van der Waals surface area contributed by atoms with Crippen LogP contribution in [0.5, 0.6) is 5.75 Å². The van der Waals surface area contributed by atoms with E-state index in [-0.39, 0.29) is 11.3 Å². The molecule has 0 heterocycles. The summed E-state index contributed by atoms with van der Waals surface area (Å²) in [6, 6.07) is 2.18. The number of ketones is 1. The van der Waals surface area contributed by atoms with Crippen molar-refractivity contribution in [2.75, 3.05) is 13.9 Å².